The summed E-state index contributed by atoms with van der Waals surface area (Å²) in [4.78, 5) is 0. The van der Waals surface area contributed by atoms with Crippen molar-refractivity contribution >= 4 is 12.6 Å². The van der Waals surface area contributed by atoms with E-state index in [9.17, 15) is 0 Å². The summed E-state index contributed by atoms with van der Waals surface area (Å²) in [5.41, 5.74) is 1.67. The summed E-state index contributed by atoms with van der Waals surface area (Å²) in [6.45, 7) is 7.16. The Hall–Kier alpha value is -0.795. The third kappa shape index (κ3) is 1.35. The van der Waals surface area contributed by atoms with Gasteiger partial charge in [0.1, 0.15) is 0 Å². The van der Waals surface area contributed by atoms with Gasteiger partial charge in [-0.05, 0) is 29.6 Å². The van der Waals surface area contributed by atoms with Crippen LogP contribution in [0.3, 0.4) is 0 Å². The zero-order chi connectivity index (χ0) is 13.3. The van der Waals surface area contributed by atoms with Crippen molar-refractivity contribution in [3.05, 3.63) is 30.3 Å². The van der Waals surface area contributed by atoms with Gasteiger partial charge >= 0.3 is 7.12 Å². The van der Waals surface area contributed by atoms with Gasteiger partial charge in [-0.3, -0.25) is 0 Å². The Balaban J connectivity index is 1.67. The highest BCUT2D eigenvalue weighted by Gasteiger charge is 2.70. The van der Waals surface area contributed by atoms with Crippen molar-refractivity contribution in [2.75, 3.05) is 0 Å². The molecular weight excluding hydrogens is 235 g/mol. The van der Waals surface area contributed by atoms with Crippen molar-refractivity contribution in [1.29, 1.82) is 0 Å². The maximum atomic E-state index is 6.31. The molecule has 2 nitrogen and oxygen atoms in total. The first-order valence-electron chi connectivity index (χ1n) is 7.39. The third-order valence-corrected chi connectivity index (χ3v) is 6.39. The molecule has 0 radical (unpaired) electrons. The lowest BCUT2D eigenvalue weighted by atomic mass is 9.65. The Bertz CT molecular complexity index is 483. The van der Waals surface area contributed by atoms with Crippen molar-refractivity contribution in [3.63, 3.8) is 0 Å². The molecule has 2 saturated carbocycles. The number of benzene rings is 1. The summed E-state index contributed by atoms with van der Waals surface area (Å²) < 4.78 is 12.6. The minimum Gasteiger partial charge on any atom is -0.404 e. The van der Waals surface area contributed by atoms with Crippen LogP contribution in [0.25, 0.3) is 0 Å². The van der Waals surface area contributed by atoms with E-state index in [-0.39, 0.29) is 12.5 Å². The molecule has 1 saturated heterocycles. The topological polar surface area (TPSA) is 18.5 Å². The molecule has 0 spiro atoms. The molecule has 2 unspecified atom stereocenters. The third-order valence-electron chi connectivity index (χ3n) is 6.39. The number of rotatable bonds is 1. The van der Waals surface area contributed by atoms with Crippen LogP contribution in [-0.4, -0.2) is 19.3 Å². The fraction of sp³-hybridized carbons (Fsp3) is 0.625. The van der Waals surface area contributed by atoms with Gasteiger partial charge in [0.2, 0.25) is 0 Å². The van der Waals surface area contributed by atoms with Crippen molar-refractivity contribution in [1.82, 2.24) is 0 Å². The second-order valence-electron chi connectivity index (χ2n) is 7.16. The Morgan fingerprint density at radius 3 is 2.11 bits per heavy atom. The van der Waals surface area contributed by atoms with Gasteiger partial charge in [-0.25, -0.2) is 0 Å². The summed E-state index contributed by atoms with van der Waals surface area (Å²) in [5, 5.41) is 0. The zero-order valence-electron chi connectivity index (χ0n) is 11.9. The summed E-state index contributed by atoms with van der Waals surface area (Å²) in [5.74, 6) is 0.754. The van der Waals surface area contributed by atoms with Crippen LogP contribution in [0.5, 0.6) is 0 Å². The van der Waals surface area contributed by atoms with Crippen molar-refractivity contribution < 1.29 is 9.31 Å². The van der Waals surface area contributed by atoms with Crippen LogP contribution in [0.1, 0.15) is 33.6 Å². The van der Waals surface area contributed by atoms with E-state index < -0.39 is 0 Å². The average molecular weight is 256 g/mol. The molecule has 3 aliphatic rings. The summed E-state index contributed by atoms with van der Waals surface area (Å²) in [6.07, 6.45) is 3.11. The van der Waals surface area contributed by atoms with Gasteiger partial charge in [0.25, 0.3) is 0 Å². The quantitative estimate of drug-likeness (QED) is 0.719. The first-order chi connectivity index (χ1) is 9.03. The fourth-order valence-electron chi connectivity index (χ4n) is 4.66. The van der Waals surface area contributed by atoms with Crippen LogP contribution in [-0.2, 0) is 9.31 Å². The molecule has 3 heteroatoms. The van der Waals surface area contributed by atoms with Crippen LogP contribution in [0.15, 0.2) is 30.3 Å². The highest BCUT2D eigenvalue weighted by atomic mass is 16.6. The van der Waals surface area contributed by atoms with Crippen LogP contribution >= 0.6 is 0 Å². The van der Waals surface area contributed by atoms with Crippen LogP contribution in [0.2, 0.25) is 0 Å². The minimum atomic E-state index is -0.167. The molecule has 1 aromatic carbocycles. The average Bonchev–Trinajstić information content (AvgIpc) is 2.69. The van der Waals surface area contributed by atoms with Crippen LogP contribution in [0, 0.1) is 16.7 Å². The lowest BCUT2D eigenvalue weighted by molar-refractivity contribution is -0.106. The molecule has 100 valence electrons. The van der Waals surface area contributed by atoms with Gasteiger partial charge in [0, 0.05) is 5.41 Å². The van der Waals surface area contributed by atoms with Gasteiger partial charge in [-0.15, -0.1) is 0 Å². The Morgan fingerprint density at radius 2 is 1.58 bits per heavy atom. The lowest BCUT2D eigenvalue weighted by Gasteiger charge is -2.49. The van der Waals surface area contributed by atoms with Crippen molar-refractivity contribution in [2.45, 2.75) is 45.8 Å². The predicted octanol–water partition coefficient (Wildman–Crippen LogP) is 2.62. The van der Waals surface area contributed by atoms with Crippen LogP contribution < -0.4 is 5.46 Å². The molecule has 2 bridgehead atoms. The number of hydrogen-bond donors (Lipinski definition) is 0. The van der Waals surface area contributed by atoms with Crippen LogP contribution in [0.4, 0.5) is 0 Å². The molecule has 19 heavy (non-hydrogen) atoms. The number of fused-ring (bicyclic) bond motifs is 1. The summed E-state index contributed by atoms with van der Waals surface area (Å²) >= 11 is 0. The van der Waals surface area contributed by atoms with Crippen molar-refractivity contribution in [2.24, 2.45) is 16.7 Å². The van der Waals surface area contributed by atoms with Gasteiger partial charge in [-0.1, -0.05) is 51.1 Å². The summed E-state index contributed by atoms with van der Waals surface area (Å²) in [7, 11) is -0.167. The molecule has 1 aromatic rings. The van der Waals surface area contributed by atoms with Crippen molar-refractivity contribution in [3.8, 4) is 0 Å². The SMILES string of the molecule is CC1(C)C2C[C@@H]3OB(c4ccccc4)O[C@H](C2)C31C. The minimum absolute atomic E-state index is 0.167. The monoisotopic (exact) mass is 256 g/mol. The molecule has 1 heterocycles. The maximum Gasteiger partial charge on any atom is 0.494 e. The first kappa shape index (κ1) is 12.0. The smallest absolute Gasteiger partial charge is 0.404 e. The second-order valence-corrected chi connectivity index (χ2v) is 7.16. The Labute approximate surface area is 115 Å². The Morgan fingerprint density at radius 1 is 1.00 bits per heavy atom. The normalized spacial score (nSPS) is 42.7. The van der Waals surface area contributed by atoms with Gasteiger partial charge in [-0.2, -0.15) is 0 Å². The van der Waals surface area contributed by atoms with E-state index >= 15 is 0 Å². The van der Waals surface area contributed by atoms with Gasteiger partial charge in [0.15, 0.2) is 0 Å². The van der Waals surface area contributed by atoms with E-state index in [1.807, 2.05) is 6.07 Å². The molecular formula is C16H21BO2. The van der Waals surface area contributed by atoms with Gasteiger partial charge in [0.05, 0.1) is 12.2 Å². The van der Waals surface area contributed by atoms with Gasteiger partial charge < -0.3 is 9.31 Å². The molecule has 4 atom stereocenters. The van der Waals surface area contributed by atoms with E-state index in [1.54, 1.807) is 0 Å². The van der Waals surface area contributed by atoms with E-state index in [0.717, 1.165) is 11.4 Å². The lowest BCUT2D eigenvalue weighted by Crippen LogP contribution is -2.58. The zero-order valence-corrected chi connectivity index (χ0v) is 11.9. The first-order valence-corrected chi connectivity index (χ1v) is 7.39. The Kier molecular flexibility index (Phi) is 2.30. The molecule has 1 aliphatic heterocycles. The molecule has 4 rings (SSSR count). The fourth-order valence-corrected chi connectivity index (χ4v) is 4.66. The largest absolute Gasteiger partial charge is 0.494 e. The molecule has 0 N–H and O–H groups in total. The summed E-state index contributed by atoms with van der Waals surface area (Å²) in [6, 6.07) is 10.3. The molecule has 0 amide bonds. The van der Waals surface area contributed by atoms with E-state index in [1.165, 1.54) is 12.8 Å². The maximum absolute atomic E-state index is 6.31. The van der Waals surface area contributed by atoms with E-state index in [2.05, 4.69) is 45.0 Å². The van der Waals surface area contributed by atoms with E-state index in [0.29, 0.717) is 17.6 Å². The predicted molar refractivity (Wildman–Crippen MR) is 76.2 cm³/mol. The van der Waals surface area contributed by atoms with E-state index in [4.69, 9.17) is 9.31 Å². The highest BCUT2D eigenvalue weighted by molar-refractivity contribution is 6.61. The molecule has 2 aliphatic carbocycles. The number of hydrogen-bond acceptors (Lipinski definition) is 2. The molecule has 3 fully saturated rings. The molecule has 0 aromatic heterocycles. The second kappa shape index (κ2) is 3.65. The standard InChI is InChI=1S/C16H21BO2/c1-15(2)11-9-13-16(15,3)14(10-11)19-17(18-13)12-7-5-4-6-8-12/h4-8,11,13-14H,9-10H2,1-3H3/t11?,13-,14+,16?. The highest BCUT2D eigenvalue weighted by Crippen LogP contribution is 2.68.